The van der Waals surface area contributed by atoms with Crippen molar-refractivity contribution in [2.45, 2.75) is 0 Å². The van der Waals surface area contributed by atoms with Crippen LogP contribution in [0.1, 0.15) is 10.4 Å². The summed E-state index contributed by atoms with van der Waals surface area (Å²) in [5.41, 5.74) is 0.315. The van der Waals surface area contributed by atoms with Crippen molar-refractivity contribution in [3.8, 4) is 5.88 Å². The summed E-state index contributed by atoms with van der Waals surface area (Å²) in [7, 11) is 1.45. The number of halogens is 1. The van der Waals surface area contributed by atoms with Crippen molar-refractivity contribution in [1.82, 2.24) is 15.0 Å². The maximum absolute atomic E-state index is 12.0. The minimum Gasteiger partial charge on any atom is -0.480 e. The Morgan fingerprint density at radius 1 is 1.33 bits per heavy atom. The number of hydrogen-bond acceptors (Lipinski definition) is 5. The number of ether oxygens (including phenoxy) is 1. The molecule has 0 radical (unpaired) electrons. The smallest absolute Gasteiger partial charge is 0.262 e. The zero-order valence-corrected chi connectivity index (χ0v) is 10.2. The van der Waals surface area contributed by atoms with E-state index in [4.69, 9.17) is 16.3 Å². The van der Waals surface area contributed by atoms with Gasteiger partial charge >= 0.3 is 0 Å². The number of hydrogen-bond donors (Lipinski definition) is 1. The van der Waals surface area contributed by atoms with E-state index in [1.807, 2.05) is 0 Å². The monoisotopic (exact) mass is 264 g/mol. The summed E-state index contributed by atoms with van der Waals surface area (Å²) in [4.78, 5) is 23.5. The number of pyridine rings is 1. The average Bonchev–Trinajstić information content (AvgIpc) is 2.38. The van der Waals surface area contributed by atoms with Gasteiger partial charge in [-0.05, 0) is 29.8 Å². The van der Waals surface area contributed by atoms with Gasteiger partial charge in [0.15, 0.2) is 0 Å². The molecule has 18 heavy (non-hydrogen) atoms. The van der Waals surface area contributed by atoms with Crippen molar-refractivity contribution < 1.29 is 9.53 Å². The highest BCUT2D eigenvalue weighted by molar-refractivity contribution is 6.28. The zero-order chi connectivity index (χ0) is 13.0. The lowest BCUT2D eigenvalue weighted by atomic mass is 10.2. The molecule has 92 valence electrons. The molecule has 2 aromatic rings. The van der Waals surface area contributed by atoms with Crippen LogP contribution in [-0.4, -0.2) is 28.0 Å². The highest BCUT2D eigenvalue weighted by Crippen LogP contribution is 2.15. The summed E-state index contributed by atoms with van der Waals surface area (Å²) >= 11 is 5.62. The van der Waals surface area contributed by atoms with Crippen LogP contribution in [-0.2, 0) is 0 Å². The molecule has 0 unspecified atom stereocenters. The molecule has 2 rings (SSSR count). The molecule has 0 aromatic carbocycles. The minimum atomic E-state index is -0.380. The van der Waals surface area contributed by atoms with Crippen molar-refractivity contribution in [2.75, 3.05) is 12.4 Å². The number of methoxy groups -OCH3 is 1. The normalized spacial score (nSPS) is 9.89. The minimum absolute atomic E-state index is 0.0611. The van der Waals surface area contributed by atoms with Crippen LogP contribution in [0.25, 0.3) is 0 Å². The Morgan fingerprint density at radius 3 is 2.89 bits per heavy atom. The van der Waals surface area contributed by atoms with Crippen LogP contribution >= 0.6 is 11.6 Å². The van der Waals surface area contributed by atoms with E-state index in [2.05, 4.69) is 20.3 Å². The summed E-state index contributed by atoms with van der Waals surface area (Å²) in [6.45, 7) is 0. The Kier molecular flexibility index (Phi) is 3.69. The van der Waals surface area contributed by atoms with E-state index in [1.165, 1.54) is 25.6 Å². The molecule has 0 spiro atoms. The highest BCUT2D eigenvalue weighted by Gasteiger charge is 2.13. The van der Waals surface area contributed by atoms with E-state index in [0.717, 1.165) is 0 Å². The topological polar surface area (TPSA) is 77.0 Å². The second-order valence-electron chi connectivity index (χ2n) is 3.23. The lowest BCUT2D eigenvalue weighted by Crippen LogP contribution is -2.14. The van der Waals surface area contributed by atoms with E-state index in [1.54, 1.807) is 12.1 Å². The lowest BCUT2D eigenvalue weighted by molar-refractivity contribution is 0.102. The standard InChI is InChI=1S/C11H9ClN4O2/c1-18-10-7(3-2-5-13-10)9(17)15-8-4-6-14-11(12)16-8/h2-6H,1H3,(H,14,15,16,17). The van der Waals surface area contributed by atoms with Gasteiger partial charge in [0.2, 0.25) is 11.2 Å². The molecule has 2 aromatic heterocycles. The fourth-order valence-corrected chi connectivity index (χ4v) is 1.46. The molecule has 0 fully saturated rings. The van der Waals surface area contributed by atoms with Gasteiger partial charge in [0.05, 0.1) is 7.11 Å². The van der Waals surface area contributed by atoms with Gasteiger partial charge in [0.1, 0.15) is 11.4 Å². The number of nitrogens with zero attached hydrogens (tertiary/aromatic N) is 3. The number of amides is 1. The summed E-state index contributed by atoms with van der Waals surface area (Å²) < 4.78 is 5.00. The first-order valence-electron chi connectivity index (χ1n) is 4.99. The molecule has 6 nitrogen and oxygen atoms in total. The van der Waals surface area contributed by atoms with Gasteiger partial charge in [-0.3, -0.25) is 4.79 Å². The van der Waals surface area contributed by atoms with Crippen molar-refractivity contribution >= 4 is 23.3 Å². The van der Waals surface area contributed by atoms with Crippen molar-refractivity contribution in [1.29, 1.82) is 0 Å². The number of nitrogens with one attached hydrogen (secondary N) is 1. The fraction of sp³-hybridized carbons (Fsp3) is 0.0909. The molecular weight excluding hydrogens is 256 g/mol. The summed E-state index contributed by atoms with van der Waals surface area (Å²) in [6.07, 6.45) is 2.99. The Hall–Kier alpha value is -2.21. The predicted molar refractivity (Wildman–Crippen MR) is 65.8 cm³/mol. The molecule has 2 heterocycles. The molecule has 0 bridgehead atoms. The Balaban J connectivity index is 2.22. The van der Waals surface area contributed by atoms with Crippen LogP contribution in [0.3, 0.4) is 0 Å². The second-order valence-corrected chi connectivity index (χ2v) is 3.56. The molecule has 0 aliphatic carbocycles. The van der Waals surface area contributed by atoms with Crippen LogP contribution in [0.5, 0.6) is 5.88 Å². The van der Waals surface area contributed by atoms with Gasteiger partial charge in [-0.2, -0.15) is 0 Å². The summed E-state index contributed by atoms with van der Waals surface area (Å²) in [5.74, 6) is 0.177. The first-order chi connectivity index (χ1) is 8.70. The third-order valence-corrected chi connectivity index (χ3v) is 2.26. The summed E-state index contributed by atoms with van der Waals surface area (Å²) in [5, 5.41) is 2.64. The second kappa shape index (κ2) is 5.42. The molecular formula is C11H9ClN4O2. The molecule has 7 heteroatoms. The van der Waals surface area contributed by atoms with E-state index in [0.29, 0.717) is 11.4 Å². The highest BCUT2D eigenvalue weighted by atomic mass is 35.5. The number of carbonyl (C=O) groups excluding carboxylic acids is 1. The SMILES string of the molecule is COc1ncccc1C(=O)Nc1ccnc(Cl)n1. The third-order valence-electron chi connectivity index (χ3n) is 2.08. The lowest BCUT2D eigenvalue weighted by Gasteiger charge is -2.07. The Morgan fingerprint density at radius 2 is 2.17 bits per heavy atom. The molecule has 0 saturated heterocycles. The van der Waals surface area contributed by atoms with Crippen molar-refractivity contribution in [3.05, 3.63) is 41.4 Å². The Labute approximate surface area is 108 Å². The van der Waals surface area contributed by atoms with E-state index < -0.39 is 0 Å². The molecule has 1 N–H and O–H groups in total. The van der Waals surface area contributed by atoms with E-state index >= 15 is 0 Å². The van der Waals surface area contributed by atoms with E-state index in [9.17, 15) is 4.79 Å². The Bertz CT molecular complexity index is 576. The molecule has 0 atom stereocenters. The van der Waals surface area contributed by atoms with Gasteiger partial charge in [0, 0.05) is 12.4 Å². The van der Waals surface area contributed by atoms with Crippen LogP contribution in [0.4, 0.5) is 5.82 Å². The maximum atomic E-state index is 12.0. The predicted octanol–water partition coefficient (Wildman–Crippen LogP) is 1.79. The zero-order valence-electron chi connectivity index (χ0n) is 9.42. The first-order valence-corrected chi connectivity index (χ1v) is 5.37. The van der Waals surface area contributed by atoms with Crippen LogP contribution in [0.2, 0.25) is 5.28 Å². The van der Waals surface area contributed by atoms with Gasteiger partial charge in [-0.15, -0.1) is 0 Å². The molecule has 0 aliphatic rings. The van der Waals surface area contributed by atoms with Gasteiger partial charge in [0.25, 0.3) is 5.91 Å². The van der Waals surface area contributed by atoms with Crippen LogP contribution < -0.4 is 10.1 Å². The van der Waals surface area contributed by atoms with Crippen LogP contribution in [0.15, 0.2) is 30.6 Å². The van der Waals surface area contributed by atoms with Crippen molar-refractivity contribution in [2.24, 2.45) is 0 Å². The number of anilines is 1. The first kappa shape index (κ1) is 12.3. The van der Waals surface area contributed by atoms with E-state index in [-0.39, 0.29) is 17.1 Å². The molecule has 0 aliphatic heterocycles. The van der Waals surface area contributed by atoms with Gasteiger partial charge in [-0.25, -0.2) is 15.0 Å². The van der Waals surface area contributed by atoms with Gasteiger partial charge in [-0.1, -0.05) is 0 Å². The largest absolute Gasteiger partial charge is 0.480 e. The third kappa shape index (κ3) is 2.72. The number of rotatable bonds is 3. The quantitative estimate of drug-likeness (QED) is 0.855. The molecule has 0 saturated carbocycles. The average molecular weight is 265 g/mol. The van der Waals surface area contributed by atoms with Gasteiger partial charge < -0.3 is 10.1 Å². The summed E-state index contributed by atoms with van der Waals surface area (Å²) in [6, 6.07) is 4.78. The van der Waals surface area contributed by atoms with Crippen molar-refractivity contribution in [3.63, 3.8) is 0 Å². The molecule has 1 amide bonds. The number of aromatic nitrogens is 3. The number of carbonyl (C=O) groups is 1. The fourth-order valence-electron chi connectivity index (χ4n) is 1.31. The maximum Gasteiger partial charge on any atom is 0.262 e. The van der Waals surface area contributed by atoms with Crippen LogP contribution in [0, 0.1) is 0 Å².